The third kappa shape index (κ3) is 2.27. The number of ketones is 1. The average molecular weight is 237 g/mol. The van der Waals surface area contributed by atoms with E-state index in [4.69, 9.17) is 16.3 Å². The first kappa shape index (κ1) is 11.2. The summed E-state index contributed by atoms with van der Waals surface area (Å²) >= 11 is 5.42. The van der Waals surface area contributed by atoms with Crippen molar-refractivity contribution in [1.29, 1.82) is 0 Å². The third-order valence-corrected chi connectivity index (χ3v) is 2.87. The Hall–Kier alpha value is -1.28. The second-order valence-corrected chi connectivity index (χ2v) is 3.98. The molecule has 0 unspecified atom stereocenters. The van der Waals surface area contributed by atoms with Crippen LogP contribution >= 0.6 is 11.6 Å². The van der Waals surface area contributed by atoms with E-state index in [1.807, 2.05) is 18.2 Å². The minimum atomic E-state index is 0.222. The molecule has 3 heteroatoms. The van der Waals surface area contributed by atoms with Crippen molar-refractivity contribution in [1.82, 2.24) is 0 Å². The molecule has 2 nitrogen and oxygen atoms in total. The molecule has 16 heavy (non-hydrogen) atoms. The molecule has 0 bridgehead atoms. The molecule has 84 valence electrons. The largest absolute Gasteiger partial charge is 0.489 e. The lowest BCUT2D eigenvalue weighted by atomic mass is 9.90. The molecular weight excluding hydrogens is 224 g/mol. The Morgan fingerprint density at radius 2 is 2.25 bits per heavy atom. The van der Waals surface area contributed by atoms with Crippen LogP contribution in [0.15, 0.2) is 29.8 Å². The summed E-state index contributed by atoms with van der Waals surface area (Å²) < 4.78 is 5.57. The monoisotopic (exact) mass is 236 g/mol. The van der Waals surface area contributed by atoms with Crippen LogP contribution in [0.25, 0.3) is 0 Å². The van der Waals surface area contributed by atoms with E-state index >= 15 is 0 Å². The van der Waals surface area contributed by atoms with Crippen molar-refractivity contribution >= 4 is 17.4 Å². The smallest absolute Gasteiger partial charge is 0.163 e. The van der Waals surface area contributed by atoms with Gasteiger partial charge in [0.05, 0.1) is 0 Å². The van der Waals surface area contributed by atoms with Crippen molar-refractivity contribution in [2.75, 3.05) is 6.61 Å². The van der Waals surface area contributed by atoms with Crippen LogP contribution < -0.4 is 4.74 Å². The van der Waals surface area contributed by atoms with E-state index < -0.39 is 0 Å². The molecule has 0 spiro atoms. The first-order chi connectivity index (χ1) is 7.83. The summed E-state index contributed by atoms with van der Waals surface area (Å²) in [7, 11) is 0. The molecule has 0 heterocycles. The van der Waals surface area contributed by atoms with Crippen molar-refractivity contribution < 1.29 is 9.53 Å². The first-order valence-electron chi connectivity index (χ1n) is 5.36. The maximum Gasteiger partial charge on any atom is 0.163 e. The van der Waals surface area contributed by atoms with Crippen molar-refractivity contribution in [2.24, 2.45) is 0 Å². The van der Waals surface area contributed by atoms with Crippen LogP contribution in [0, 0.1) is 0 Å². The molecule has 0 radical (unpaired) electrons. The van der Waals surface area contributed by atoms with Gasteiger partial charge < -0.3 is 4.74 Å². The molecule has 1 aliphatic rings. The van der Waals surface area contributed by atoms with E-state index in [0.29, 0.717) is 13.0 Å². The van der Waals surface area contributed by atoms with E-state index in [1.54, 1.807) is 6.08 Å². The molecule has 0 aliphatic heterocycles. The standard InChI is InChI=1S/C13H13ClO2/c14-8-3-9-16-13-7-2-4-10-11(13)5-1-6-12(10)15/h2-4,7-8H,1,5-6,9H2. The zero-order valence-corrected chi connectivity index (χ0v) is 9.67. The highest BCUT2D eigenvalue weighted by Crippen LogP contribution is 2.29. The number of Topliss-reactive ketones (excluding diaryl/α,β-unsaturated/α-hetero) is 1. The van der Waals surface area contributed by atoms with E-state index in [-0.39, 0.29) is 5.78 Å². The van der Waals surface area contributed by atoms with Gasteiger partial charge in [0.1, 0.15) is 12.4 Å². The van der Waals surface area contributed by atoms with Crippen LogP contribution in [0.3, 0.4) is 0 Å². The number of hydrogen-bond donors (Lipinski definition) is 0. The second-order valence-electron chi connectivity index (χ2n) is 3.73. The fourth-order valence-corrected chi connectivity index (χ4v) is 2.03. The van der Waals surface area contributed by atoms with Gasteiger partial charge in [-0.25, -0.2) is 0 Å². The van der Waals surface area contributed by atoms with E-state index in [9.17, 15) is 4.79 Å². The summed E-state index contributed by atoms with van der Waals surface area (Å²) in [5.74, 6) is 1.03. The fourth-order valence-electron chi connectivity index (χ4n) is 1.95. The minimum absolute atomic E-state index is 0.222. The predicted molar refractivity (Wildman–Crippen MR) is 64.2 cm³/mol. The Bertz CT molecular complexity index is 424. The van der Waals surface area contributed by atoms with Gasteiger partial charge in [-0.15, -0.1) is 0 Å². The fraction of sp³-hybridized carbons (Fsp3) is 0.308. The predicted octanol–water partition coefficient (Wildman–Crippen LogP) is 3.34. The molecule has 0 saturated heterocycles. The Labute approximate surface area is 99.9 Å². The maximum absolute atomic E-state index is 11.7. The van der Waals surface area contributed by atoms with E-state index in [1.165, 1.54) is 5.54 Å². The zero-order chi connectivity index (χ0) is 11.4. The SMILES string of the molecule is O=C1CCCc2c(OCC=CCl)cccc21. The van der Waals surface area contributed by atoms with Gasteiger partial charge >= 0.3 is 0 Å². The number of rotatable bonds is 3. The minimum Gasteiger partial charge on any atom is -0.489 e. The summed E-state index contributed by atoms with van der Waals surface area (Å²) in [4.78, 5) is 11.7. The molecule has 1 aliphatic carbocycles. The Kier molecular flexibility index (Phi) is 3.62. The number of carbonyl (C=O) groups excluding carboxylic acids is 1. The van der Waals surface area contributed by atoms with Crippen LogP contribution in [0.1, 0.15) is 28.8 Å². The summed E-state index contributed by atoms with van der Waals surface area (Å²) in [5.41, 5.74) is 3.29. The molecule has 1 aromatic rings. The lowest BCUT2D eigenvalue weighted by Crippen LogP contribution is -2.12. The maximum atomic E-state index is 11.7. The molecule has 0 aromatic heterocycles. The zero-order valence-electron chi connectivity index (χ0n) is 8.91. The molecule has 0 amide bonds. The Morgan fingerprint density at radius 3 is 3.06 bits per heavy atom. The van der Waals surface area contributed by atoms with E-state index in [0.717, 1.165) is 29.7 Å². The highest BCUT2D eigenvalue weighted by Gasteiger charge is 2.19. The van der Waals surface area contributed by atoms with Crippen LogP contribution in [0.4, 0.5) is 0 Å². The molecule has 0 N–H and O–H groups in total. The van der Waals surface area contributed by atoms with Crippen molar-refractivity contribution in [3.63, 3.8) is 0 Å². The highest BCUT2D eigenvalue weighted by molar-refractivity contribution is 6.25. The first-order valence-corrected chi connectivity index (χ1v) is 5.79. The van der Waals surface area contributed by atoms with Gasteiger partial charge in [-0.1, -0.05) is 23.7 Å². The van der Waals surface area contributed by atoms with Gasteiger partial charge in [-0.2, -0.15) is 0 Å². The van der Waals surface area contributed by atoms with Gasteiger partial charge in [0.2, 0.25) is 0 Å². The third-order valence-electron chi connectivity index (χ3n) is 2.69. The molecule has 0 saturated carbocycles. The Morgan fingerprint density at radius 1 is 1.38 bits per heavy atom. The second kappa shape index (κ2) is 5.17. The number of carbonyl (C=O) groups is 1. The number of ether oxygens (including phenoxy) is 1. The lowest BCUT2D eigenvalue weighted by molar-refractivity contribution is 0.0971. The molecule has 1 aromatic carbocycles. The lowest BCUT2D eigenvalue weighted by Gasteiger charge is -2.18. The average Bonchev–Trinajstić information content (AvgIpc) is 2.31. The normalized spacial score (nSPS) is 15.2. The summed E-state index contributed by atoms with van der Waals surface area (Å²) in [6.07, 6.45) is 4.21. The number of halogens is 1. The van der Waals surface area contributed by atoms with Crippen molar-refractivity contribution in [3.05, 3.63) is 40.9 Å². The molecule has 0 fully saturated rings. The molecule has 2 rings (SSSR count). The summed E-state index contributed by atoms with van der Waals surface area (Å²) in [6, 6.07) is 5.64. The quantitative estimate of drug-likeness (QED) is 0.805. The van der Waals surface area contributed by atoms with Gasteiger partial charge in [0.25, 0.3) is 0 Å². The van der Waals surface area contributed by atoms with Gasteiger partial charge in [0.15, 0.2) is 5.78 Å². The number of hydrogen-bond acceptors (Lipinski definition) is 2. The van der Waals surface area contributed by atoms with Gasteiger partial charge in [-0.05, 0) is 25.0 Å². The topological polar surface area (TPSA) is 26.3 Å². The highest BCUT2D eigenvalue weighted by atomic mass is 35.5. The Balaban J connectivity index is 2.25. The van der Waals surface area contributed by atoms with Crippen LogP contribution in [0.5, 0.6) is 5.75 Å². The molecular formula is C13H13ClO2. The van der Waals surface area contributed by atoms with Crippen LogP contribution in [-0.4, -0.2) is 12.4 Å². The van der Waals surface area contributed by atoms with Crippen LogP contribution in [0.2, 0.25) is 0 Å². The van der Waals surface area contributed by atoms with Crippen LogP contribution in [-0.2, 0) is 6.42 Å². The van der Waals surface area contributed by atoms with Gasteiger partial charge in [0, 0.05) is 23.1 Å². The molecule has 0 atom stereocenters. The van der Waals surface area contributed by atoms with E-state index in [2.05, 4.69) is 0 Å². The van der Waals surface area contributed by atoms with Crippen molar-refractivity contribution in [2.45, 2.75) is 19.3 Å². The summed E-state index contributed by atoms with van der Waals surface area (Å²) in [6.45, 7) is 0.439. The number of benzene rings is 1. The number of fused-ring (bicyclic) bond motifs is 1. The summed E-state index contributed by atoms with van der Waals surface area (Å²) in [5, 5.41) is 0. The van der Waals surface area contributed by atoms with Crippen molar-refractivity contribution in [3.8, 4) is 5.75 Å². The van der Waals surface area contributed by atoms with Gasteiger partial charge in [-0.3, -0.25) is 4.79 Å².